The SMILES string of the molecule is COc1ccc(Cl)cc1S(=O)(=O)N1CCN(C(=O)c2cccs2)CC1. The number of benzene rings is 1. The van der Waals surface area contributed by atoms with E-state index < -0.39 is 10.0 Å². The third-order valence-corrected chi connectivity index (χ3v) is 7.01. The summed E-state index contributed by atoms with van der Waals surface area (Å²) in [5.41, 5.74) is 0. The van der Waals surface area contributed by atoms with Crippen molar-refractivity contribution in [2.24, 2.45) is 0 Å². The van der Waals surface area contributed by atoms with E-state index in [1.807, 2.05) is 11.4 Å². The predicted molar refractivity (Wildman–Crippen MR) is 97.0 cm³/mol. The molecule has 9 heteroatoms. The molecule has 0 aliphatic carbocycles. The van der Waals surface area contributed by atoms with Crippen molar-refractivity contribution in [2.45, 2.75) is 4.90 Å². The summed E-state index contributed by atoms with van der Waals surface area (Å²) in [5.74, 6) is 0.189. The summed E-state index contributed by atoms with van der Waals surface area (Å²) in [6, 6.07) is 8.10. The molecule has 0 spiro atoms. The monoisotopic (exact) mass is 400 g/mol. The average Bonchev–Trinajstić information content (AvgIpc) is 3.16. The van der Waals surface area contributed by atoms with Crippen LogP contribution in [0, 0.1) is 0 Å². The van der Waals surface area contributed by atoms with Crippen LogP contribution in [0.5, 0.6) is 5.75 Å². The van der Waals surface area contributed by atoms with Crippen molar-refractivity contribution in [3.8, 4) is 5.75 Å². The van der Waals surface area contributed by atoms with Crippen LogP contribution in [0.15, 0.2) is 40.6 Å². The molecule has 0 radical (unpaired) electrons. The molecule has 0 saturated carbocycles. The molecule has 1 saturated heterocycles. The molecule has 134 valence electrons. The summed E-state index contributed by atoms with van der Waals surface area (Å²) in [6.07, 6.45) is 0. The van der Waals surface area contributed by atoms with Crippen molar-refractivity contribution in [3.63, 3.8) is 0 Å². The van der Waals surface area contributed by atoms with E-state index in [-0.39, 0.29) is 29.6 Å². The van der Waals surface area contributed by atoms with Crippen molar-refractivity contribution in [2.75, 3.05) is 33.3 Å². The molecule has 2 heterocycles. The molecule has 0 N–H and O–H groups in total. The number of piperazine rings is 1. The molecule has 25 heavy (non-hydrogen) atoms. The zero-order valence-electron chi connectivity index (χ0n) is 13.5. The summed E-state index contributed by atoms with van der Waals surface area (Å²) in [7, 11) is -2.33. The Balaban J connectivity index is 1.76. The highest BCUT2D eigenvalue weighted by atomic mass is 35.5. The molecule has 1 aromatic carbocycles. The van der Waals surface area contributed by atoms with Crippen molar-refractivity contribution >= 4 is 38.9 Å². The Bertz CT molecular complexity index is 860. The largest absolute Gasteiger partial charge is 0.495 e. The van der Waals surface area contributed by atoms with E-state index in [0.717, 1.165) is 0 Å². The number of thiophene rings is 1. The fourth-order valence-electron chi connectivity index (χ4n) is 2.68. The van der Waals surface area contributed by atoms with Crippen LogP contribution in [0.4, 0.5) is 0 Å². The third kappa shape index (κ3) is 3.67. The Hall–Kier alpha value is -1.61. The lowest BCUT2D eigenvalue weighted by molar-refractivity contribution is 0.0702. The lowest BCUT2D eigenvalue weighted by Crippen LogP contribution is -2.50. The number of sulfonamides is 1. The molecule has 6 nitrogen and oxygen atoms in total. The Labute approximate surface area is 155 Å². The van der Waals surface area contributed by atoms with Crippen LogP contribution in [0.1, 0.15) is 9.67 Å². The average molecular weight is 401 g/mol. The third-order valence-electron chi connectivity index (χ3n) is 4.00. The second kappa shape index (κ2) is 7.33. The molecule has 0 atom stereocenters. The lowest BCUT2D eigenvalue weighted by Gasteiger charge is -2.34. The minimum atomic E-state index is -3.74. The fraction of sp³-hybridized carbons (Fsp3) is 0.312. The molecule has 1 fully saturated rings. The van der Waals surface area contributed by atoms with E-state index in [1.54, 1.807) is 17.0 Å². The Morgan fingerprint density at radius 3 is 2.52 bits per heavy atom. The Morgan fingerprint density at radius 1 is 1.20 bits per heavy atom. The zero-order valence-corrected chi connectivity index (χ0v) is 15.9. The van der Waals surface area contributed by atoms with Crippen molar-refractivity contribution in [1.82, 2.24) is 9.21 Å². The molecule has 1 aliphatic heterocycles. The second-order valence-corrected chi connectivity index (χ2v) is 8.76. The number of ether oxygens (including phenoxy) is 1. The van der Waals surface area contributed by atoms with Gasteiger partial charge in [-0.2, -0.15) is 4.31 Å². The first kappa shape index (κ1) is 18.2. The van der Waals surface area contributed by atoms with Gasteiger partial charge in [0.15, 0.2) is 0 Å². The van der Waals surface area contributed by atoms with Gasteiger partial charge in [-0.05, 0) is 29.6 Å². The van der Waals surface area contributed by atoms with Gasteiger partial charge in [-0.15, -0.1) is 11.3 Å². The highest BCUT2D eigenvalue weighted by Gasteiger charge is 2.32. The van der Waals surface area contributed by atoms with Gasteiger partial charge in [0.1, 0.15) is 10.6 Å². The van der Waals surface area contributed by atoms with Crippen LogP contribution < -0.4 is 4.74 Å². The molecule has 2 aromatic rings. The van der Waals surface area contributed by atoms with Crippen LogP contribution in [-0.4, -0.2) is 56.8 Å². The molecule has 3 rings (SSSR count). The normalized spacial score (nSPS) is 16.0. The highest BCUT2D eigenvalue weighted by Crippen LogP contribution is 2.30. The molecule has 1 aliphatic rings. The number of hydrogen-bond donors (Lipinski definition) is 0. The van der Waals surface area contributed by atoms with Crippen LogP contribution in [-0.2, 0) is 10.0 Å². The van der Waals surface area contributed by atoms with Gasteiger partial charge in [0.25, 0.3) is 5.91 Å². The number of carbonyl (C=O) groups excluding carboxylic acids is 1. The van der Waals surface area contributed by atoms with Crippen LogP contribution >= 0.6 is 22.9 Å². The maximum atomic E-state index is 12.9. The van der Waals surface area contributed by atoms with Gasteiger partial charge in [0, 0.05) is 31.2 Å². The van der Waals surface area contributed by atoms with Gasteiger partial charge >= 0.3 is 0 Å². The van der Waals surface area contributed by atoms with E-state index in [2.05, 4.69) is 0 Å². The molecular formula is C16H17ClN2O4S2. The zero-order chi connectivity index (χ0) is 18.0. The number of amides is 1. The number of nitrogens with zero attached hydrogens (tertiary/aromatic N) is 2. The van der Waals surface area contributed by atoms with E-state index in [0.29, 0.717) is 23.0 Å². The van der Waals surface area contributed by atoms with Crippen LogP contribution in [0.2, 0.25) is 5.02 Å². The van der Waals surface area contributed by atoms with E-state index in [9.17, 15) is 13.2 Å². The molecular weight excluding hydrogens is 384 g/mol. The Morgan fingerprint density at radius 2 is 1.92 bits per heavy atom. The quantitative estimate of drug-likeness (QED) is 0.791. The first-order valence-corrected chi connectivity index (χ1v) is 10.3. The summed E-state index contributed by atoms with van der Waals surface area (Å²) < 4.78 is 32.3. The smallest absolute Gasteiger partial charge is 0.264 e. The maximum absolute atomic E-state index is 12.9. The number of hydrogen-bond acceptors (Lipinski definition) is 5. The number of carbonyl (C=O) groups is 1. The topological polar surface area (TPSA) is 66.9 Å². The number of methoxy groups -OCH3 is 1. The van der Waals surface area contributed by atoms with Crippen molar-refractivity contribution in [3.05, 3.63) is 45.6 Å². The van der Waals surface area contributed by atoms with Gasteiger partial charge in [-0.3, -0.25) is 4.79 Å². The van der Waals surface area contributed by atoms with Crippen molar-refractivity contribution in [1.29, 1.82) is 0 Å². The first-order chi connectivity index (χ1) is 11.9. The van der Waals surface area contributed by atoms with Gasteiger partial charge in [0.05, 0.1) is 12.0 Å². The van der Waals surface area contributed by atoms with Gasteiger partial charge in [-0.25, -0.2) is 8.42 Å². The van der Waals surface area contributed by atoms with Gasteiger partial charge in [0.2, 0.25) is 10.0 Å². The highest BCUT2D eigenvalue weighted by molar-refractivity contribution is 7.89. The Kier molecular flexibility index (Phi) is 5.33. The minimum absolute atomic E-state index is 0.0422. The maximum Gasteiger partial charge on any atom is 0.264 e. The molecule has 0 unspecified atom stereocenters. The van der Waals surface area contributed by atoms with Crippen molar-refractivity contribution < 1.29 is 17.9 Å². The standard InChI is InChI=1S/C16H17ClN2O4S2/c1-23-13-5-4-12(17)11-15(13)25(21,22)19-8-6-18(7-9-19)16(20)14-3-2-10-24-14/h2-5,10-11H,6-9H2,1H3. The van der Waals surface area contributed by atoms with E-state index in [4.69, 9.17) is 16.3 Å². The molecule has 0 bridgehead atoms. The first-order valence-electron chi connectivity index (χ1n) is 7.60. The number of rotatable bonds is 4. The summed E-state index contributed by atoms with van der Waals surface area (Å²) in [4.78, 5) is 14.7. The summed E-state index contributed by atoms with van der Waals surface area (Å²) in [5, 5.41) is 2.17. The van der Waals surface area contributed by atoms with E-state index in [1.165, 1.54) is 34.9 Å². The fourth-order valence-corrected chi connectivity index (χ4v) is 5.21. The predicted octanol–water partition coefficient (Wildman–Crippen LogP) is 2.56. The van der Waals surface area contributed by atoms with E-state index >= 15 is 0 Å². The molecule has 1 aromatic heterocycles. The minimum Gasteiger partial charge on any atom is -0.495 e. The summed E-state index contributed by atoms with van der Waals surface area (Å²) >= 11 is 7.33. The lowest BCUT2D eigenvalue weighted by atomic mass is 10.3. The van der Waals surface area contributed by atoms with Gasteiger partial charge < -0.3 is 9.64 Å². The molecule has 1 amide bonds. The number of halogens is 1. The van der Waals surface area contributed by atoms with Crippen LogP contribution in [0.3, 0.4) is 0 Å². The van der Waals surface area contributed by atoms with Crippen LogP contribution in [0.25, 0.3) is 0 Å². The summed E-state index contributed by atoms with van der Waals surface area (Å²) in [6.45, 7) is 1.15. The second-order valence-electron chi connectivity index (χ2n) is 5.47. The van der Waals surface area contributed by atoms with Gasteiger partial charge in [-0.1, -0.05) is 17.7 Å².